The molecule has 0 bridgehead atoms. The second-order valence-electron chi connectivity index (χ2n) is 3.61. The van der Waals surface area contributed by atoms with E-state index >= 15 is 0 Å². The van der Waals surface area contributed by atoms with Crippen molar-refractivity contribution in [3.8, 4) is 0 Å². The molecule has 0 aromatic carbocycles. The molecule has 0 saturated carbocycles. The smallest absolute Gasteiger partial charge is 0.337 e. The third-order valence-corrected chi connectivity index (χ3v) is 3.44. The van der Waals surface area contributed by atoms with Crippen LogP contribution in [0.25, 0.3) is 0 Å². The lowest BCUT2D eigenvalue weighted by Crippen LogP contribution is -2.35. The number of hydrogen-bond acceptors (Lipinski definition) is 5. The third kappa shape index (κ3) is 2.19. The first-order valence-electron chi connectivity index (χ1n) is 5.08. The molecule has 2 rings (SSSR count). The molecule has 16 heavy (non-hydrogen) atoms. The van der Waals surface area contributed by atoms with E-state index in [4.69, 9.17) is 0 Å². The van der Waals surface area contributed by atoms with E-state index in [-0.39, 0.29) is 15.9 Å². The molecule has 0 radical (unpaired) electrons. The van der Waals surface area contributed by atoms with E-state index in [2.05, 4.69) is 4.98 Å². The van der Waals surface area contributed by atoms with E-state index in [1.165, 1.54) is 0 Å². The molecule has 0 unspecified atom stereocenters. The summed E-state index contributed by atoms with van der Waals surface area (Å²) in [4.78, 5) is 27.3. The SMILES string of the molecule is O=C(c1ncc([N+](=O)[O-])s1)N1CCCCC1. The van der Waals surface area contributed by atoms with Crippen LogP contribution in [-0.2, 0) is 0 Å². The van der Waals surface area contributed by atoms with Gasteiger partial charge in [0.1, 0.15) is 6.20 Å². The van der Waals surface area contributed by atoms with Crippen LogP contribution in [0.4, 0.5) is 5.00 Å². The lowest BCUT2D eigenvalue weighted by Gasteiger charge is -2.25. The average molecular weight is 241 g/mol. The minimum absolute atomic E-state index is 0.0830. The topological polar surface area (TPSA) is 76.3 Å². The molecule has 0 N–H and O–H groups in total. The fourth-order valence-electron chi connectivity index (χ4n) is 1.68. The monoisotopic (exact) mass is 241 g/mol. The van der Waals surface area contributed by atoms with Crippen LogP contribution < -0.4 is 0 Å². The van der Waals surface area contributed by atoms with E-state index < -0.39 is 4.92 Å². The van der Waals surface area contributed by atoms with Crippen molar-refractivity contribution in [2.75, 3.05) is 13.1 Å². The second kappa shape index (κ2) is 4.56. The molecular formula is C9H11N3O3S. The van der Waals surface area contributed by atoms with Crippen LogP contribution in [0.3, 0.4) is 0 Å². The third-order valence-electron chi connectivity index (χ3n) is 2.50. The van der Waals surface area contributed by atoms with Crippen LogP contribution in [0.1, 0.15) is 29.1 Å². The average Bonchev–Trinajstić information content (AvgIpc) is 2.78. The Hall–Kier alpha value is -1.50. The number of piperidine rings is 1. The quantitative estimate of drug-likeness (QED) is 0.583. The van der Waals surface area contributed by atoms with E-state index in [1.54, 1.807) is 4.90 Å². The number of hydrogen-bond donors (Lipinski definition) is 0. The number of likely N-dealkylation sites (tertiary alicyclic amines) is 1. The Kier molecular flexibility index (Phi) is 3.14. The molecule has 1 aliphatic rings. The number of nitrogens with zero attached hydrogens (tertiary/aromatic N) is 3. The van der Waals surface area contributed by atoms with Gasteiger partial charge in [0.25, 0.3) is 5.91 Å². The van der Waals surface area contributed by atoms with Crippen molar-refractivity contribution in [2.45, 2.75) is 19.3 Å². The lowest BCUT2D eigenvalue weighted by atomic mass is 10.1. The Morgan fingerprint density at radius 1 is 1.44 bits per heavy atom. The van der Waals surface area contributed by atoms with Gasteiger partial charge in [-0.25, -0.2) is 4.98 Å². The molecule has 0 atom stereocenters. The molecule has 0 spiro atoms. The van der Waals surface area contributed by atoms with Gasteiger partial charge in [0, 0.05) is 13.1 Å². The minimum atomic E-state index is -0.523. The summed E-state index contributed by atoms with van der Waals surface area (Å²) in [5.41, 5.74) is 0. The number of thiazole rings is 1. The summed E-state index contributed by atoms with van der Waals surface area (Å²) in [6, 6.07) is 0. The van der Waals surface area contributed by atoms with Crippen LogP contribution in [-0.4, -0.2) is 33.8 Å². The fraction of sp³-hybridized carbons (Fsp3) is 0.556. The Bertz CT molecular complexity index is 412. The van der Waals surface area contributed by atoms with Crippen LogP contribution >= 0.6 is 11.3 Å². The summed E-state index contributed by atoms with van der Waals surface area (Å²) >= 11 is 0.841. The standard InChI is InChI=1S/C9H11N3O3S/c13-9(11-4-2-1-3-5-11)8-10-6-7(16-8)12(14)15/h6H,1-5H2. The van der Waals surface area contributed by atoms with Gasteiger partial charge >= 0.3 is 5.00 Å². The summed E-state index contributed by atoms with van der Waals surface area (Å²) in [6.45, 7) is 1.46. The van der Waals surface area contributed by atoms with Gasteiger partial charge in [-0.1, -0.05) is 0 Å². The highest BCUT2D eigenvalue weighted by Crippen LogP contribution is 2.23. The van der Waals surface area contributed by atoms with Crippen molar-refractivity contribution < 1.29 is 9.72 Å². The van der Waals surface area contributed by atoms with Crippen molar-refractivity contribution in [3.63, 3.8) is 0 Å². The van der Waals surface area contributed by atoms with Crippen LogP contribution in [0.2, 0.25) is 0 Å². The largest absolute Gasteiger partial charge is 0.344 e. The molecule has 1 amide bonds. The van der Waals surface area contributed by atoms with E-state index in [0.29, 0.717) is 0 Å². The Morgan fingerprint density at radius 3 is 2.69 bits per heavy atom. The highest BCUT2D eigenvalue weighted by atomic mass is 32.1. The zero-order chi connectivity index (χ0) is 11.5. The zero-order valence-electron chi connectivity index (χ0n) is 8.59. The normalized spacial score (nSPS) is 16.1. The van der Waals surface area contributed by atoms with Crippen molar-refractivity contribution in [3.05, 3.63) is 21.3 Å². The maximum absolute atomic E-state index is 11.9. The highest BCUT2D eigenvalue weighted by Gasteiger charge is 2.23. The van der Waals surface area contributed by atoms with Gasteiger partial charge in [-0.3, -0.25) is 14.9 Å². The maximum Gasteiger partial charge on any atom is 0.344 e. The minimum Gasteiger partial charge on any atom is -0.337 e. The zero-order valence-corrected chi connectivity index (χ0v) is 9.40. The summed E-state index contributed by atoms with van der Waals surface area (Å²) in [6.07, 6.45) is 4.28. The Balaban J connectivity index is 2.10. The predicted octanol–water partition coefficient (Wildman–Crippen LogP) is 1.68. The fourth-order valence-corrected chi connectivity index (χ4v) is 2.38. The van der Waals surface area contributed by atoms with Gasteiger partial charge in [0.15, 0.2) is 5.01 Å². The molecule has 0 aliphatic carbocycles. The molecule has 1 aliphatic heterocycles. The van der Waals surface area contributed by atoms with Crippen molar-refractivity contribution in [1.82, 2.24) is 9.88 Å². The maximum atomic E-state index is 11.9. The first-order chi connectivity index (χ1) is 7.68. The number of nitro groups is 1. The number of amides is 1. The molecule has 2 heterocycles. The summed E-state index contributed by atoms with van der Waals surface area (Å²) in [5, 5.41) is 10.6. The lowest BCUT2D eigenvalue weighted by molar-refractivity contribution is -0.380. The number of carbonyl (C=O) groups excluding carboxylic acids is 1. The van der Waals surface area contributed by atoms with Gasteiger partial charge in [0.2, 0.25) is 0 Å². The van der Waals surface area contributed by atoms with Gasteiger partial charge in [0.05, 0.1) is 4.92 Å². The molecule has 1 aromatic heterocycles. The van der Waals surface area contributed by atoms with Gasteiger partial charge in [-0.05, 0) is 30.6 Å². The van der Waals surface area contributed by atoms with Crippen LogP contribution in [0, 0.1) is 10.1 Å². The van der Waals surface area contributed by atoms with E-state index in [9.17, 15) is 14.9 Å². The van der Waals surface area contributed by atoms with Gasteiger partial charge < -0.3 is 4.90 Å². The number of aromatic nitrogens is 1. The first-order valence-corrected chi connectivity index (χ1v) is 5.89. The van der Waals surface area contributed by atoms with Gasteiger partial charge in [-0.15, -0.1) is 0 Å². The second-order valence-corrected chi connectivity index (χ2v) is 4.62. The molecule has 86 valence electrons. The van der Waals surface area contributed by atoms with Crippen LogP contribution in [0.5, 0.6) is 0 Å². The van der Waals surface area contributed by atoms with E-state index in [0.717, 1.165) is 49.9 Å². The van der Waals surface area contributed by atoms with Crippen molar-refractivity contribution in [2.24, 2.45) is 0 Å². The molecule has 6 nitrogen and oxygen atoms in total. The van der Waals surface area contributed by atoms with Gasteiger partial charge in [-0.2, -0.15) is 0 Å². The molecule has 1 aromatic rings. The molecule has 7 heteroatoms. The first kappa shape index (κ1) is 11.0. The molecule has 1 fully saturated rings. The Morgan fingerprint density at radius 2 is 2.12 bits per heavy atom. The van der Waals surface area contributed by atoms with Crippen molar-refractivity contribution >= 4 is 22.2 Å². The highest BCUT2D eigenvalue weighted by molar-refractivity contribution is 7.16. The molecule has 1 saturated heterocycles. The number of carbonyl (C=O) groups is 1. The van der Waals surface area contributed by atoms with Crippen molar-refractivity contribution in [1.29, 1.82) is 0 Å². The Labute approximate surface area is 96.0 Å². The summed E-state index contributed by atoms with van der Waals surface area (Å²) in [7, 11) is 0. The molecular weight excluding hydrogens is 230 g/mol. The van der Waals surface area contributed by atoms with Crippen LogP contribution in [0.15, 0.2) is 6.20 Å². The summed E-state index contributed by atoms with van der Waals surface area (Å²) < 4.78 is 0. The number of rotatable bonds is 2. The predicted molar refractivity (Wildman–Crippen MR) is 58.5 cm³/mol. The van der Waals surface area contributed by atoms with E-state index in [1.807, 2.05) is 0 Å². The summed E-state index contributed by atoms with van der Waals surface area (Å²) in [5.74, 6) is -0.183.